The van der Waals surface area contributed by atoms with Crippen LogP contribution >= 0.6 is 0 Å². The molecular weight excluding hydrogens is 416 g/mol. The van der Waals surface area contributed by atoms with Crippen molar-refractivity contribution in [3.8, 4) is 18.4 Å². The van der Waals surface area contributed by atoms with Gasteiger partial charge in [-0.15, -0.1) is 6.42 Å². The minimum atomic E-state index is -1.26. The van der Waals surface area contributed by atoms with Crippen molar-refractivity contribution in [3.05, 3.63) is 35.4 Å². The van der Waals surface area contributed by atoms with Crippen LogP contribution in [0.25, 0.3) is 0 Å². The molecule has 0 saturated carbocycles. The van der Waals surface area contributed by atoms with Gasteiger partial charge in [-0.3, -0.25) is 14.4 Å². The van der Waals surface area contributed by atoms with Gasteiger partial charge < -0.3 is 25.0 Å². The lowest BCUT2D eigenvalue weighted by molar-refractivity contribution is -0.143. The van der Waals surface area contributed by atoms with Crippen molar-refractivity contribution in [1.82, 2.24) is 15.5 Å². The normalized spacial score (nSPS) is 11.2. The molecule has 0 radical (unpaired) electrons. The van der Waals surface area contributed by atoms with Crippen molar-refractivity contribution in [3.63, 3.8) is 0 Å². The van der Waals surface area contributed by atoms with Crippen LogP contribution in [0.3, 0.4) is 0 Å². The lowest BCUT2D eigenvalue weighted by Gasteiger charge is -2.29. The van der Waals surface area contributed by atoms with Gasteiger partial charge in [0, 0.05) is 5.56 Å². The minimum Gasteiger partial charge on any atom is -0.468 e. The van der Waals surface area contributed by atoms with E-state index in [2.05, 4.69) is 21.3 Å². The fraction of sp³-hybridized carbons (Fsp3) is 0.409. The molecule has 1 aromatic carbocycles. The predicted octanol–water partition coefficient (Wildman–Crippen LogP) is 0.875. The fourth-order valence-corrected chi connectivity index (χ4v) is 2.53. The number of terminal acetylenes is 1. The second-order valence-corrected chi connectivity index (χ2v) is 7.50. The molecule has 10 nitrogen and oxygen atoms in total. The number of hydrogen-bond donors (Lipinski definition) is 2. The first kappa shape index (κ1) is 26.0. The molecule has 0 heterocycles. The summed E-state index contributed by atoms with van der Waals surface area (Å²) in [5.41, 5.74) is 0.133. The first-order valence-corrected chi connectivity index (χ1v) is 9.56. The number of methoxy groups -OCH3 is 1. The number of ether oxygens (including phenoxy) is 2. The molecule has 0 spiro atoms. The zero-order valence-corrected chi connectivity index (χ0v) is 18.4. The third kappa shape index (κ3) is 8.36. The predicted molar refractivity (Wildman–Crippen MR) is 114 cm³/mol. The summed E-state index contributed by atoms with van der Waals surface area (Å²) in [6, 6.07) is 6.79. The van der Waals surface area contributed by atoms with E-state index in [-0.39, 0.29) is 0 Å². The molecule has 0 fully saturated rings. The second-order valence-electron chi connectivity index (χ2n) is 7.50. The van der Waals surface area contributed by atoms with Crippen molar-refractivity contribution in [2.45, 2.75) is 32.4 Å². The summed E-state index contributed by atoms with van der Waals surface area (Å²) >= 11 is 0. The first-order valence-electron chi connectivity index (χ1n) is 9.56. The number of benzene rings is 1. The maximum atomic E-state index is 12.9. The van der Waals surface area contributed by atoms with E-state index in [1.54, 1.807) is 32.9 Å². The maximum Gasteiger partial charge on any atom is 0.408 e. The van der Waals surface area contributed by atoms with Crippen molar-refractivity contribution in [2.24, 2.45) is 0 Å². The van der Waals surface area contributed by atoms with Gasteiger partial charge in [-0.1, -0.05) is 18.1 Å². The summed E-state index contributed by atoms with van der Waals surface area (Å²) in [4.78, 5) is 50.0. The van der Waals surface area contributed by atoms with Crippen LogP contribution in [0.5, 0.6) is 0 Å². The summed E-state index contributed by atoms with van der Waals surface area (Å²) in [5.74, 6) is 0.323. The Balaban J connectivity index is 3.16. The number of rotatable bonds is 8. The molecule has 0 aliphatic rings. The molecule has 1 atom stereocenters. The number of hydrogen-bond acceptors (Lipinski definition) is 7. The van der Waals surface area contributed by atoms with Crippen LogP contribution in [0.4, 0.5) is 4.79 Å². The molecule has 0 saturated heterocycles. The van der Waals surface area contributed by atoms with E-state index < -0.39 is 55.2 Å². The van der Waals surface area contributed by atoms with Gasteiger partial charge in [-0.25, -0.2) is 4.79 Å². The molecule has 0 aromatic heterocycles. The van der Waals surface area contributed by atoms with Gasteiger partial charge in [0.05, 0.1) is 13.2 Å². The van der Waals surface area contributed by atoms with Crippen LogP contribution in [-0.4, -0.2) is 61.1 Å². The molecule has 32 heavy (non-hydrogen) atoms. The van der Waals surface area contributed by atoms with Crippen LogP contribution < -0.4 is 10.6 Å². The summed E-state index contributed by atoms with van der Waals surface area (Å²) in [7, 11) is 1.17. The molecule has 1 unspecified atom stereocenters. The molecule has 10 heteroatoms. The third-order valence-electron chi connectivity index (χ3n) is 3.93. The summed E-state index contributed by atoms with van der Waals surface area (Å²) < 4.78 is 9.59. The molecule has 170 valence electrons. The Bertz CT molecular complexity index is 922. The number of carbonyl (C=O) groups excluding carboxylic acids is 4. The largest absolute Gasteiger partial charge is 0.468 e. The molecule has 1 rings (SSSR count). The highest BCUT2D eigenvalue weighted by Crippen LogP contribution is 2.22. The number of amides is 3. The Morgan fingerprint density at radius 1 is 1.12 bits per heavy atom. The Labute approximate surface area is 186 Å². The average Bonchev–Trinajstić information content (AvgIpc) is 2.74. The smallest absolute Gasteiger partial charge is 0.408 e. The van der Waals surface area contributed by atoms with Gasteiger partial charge in [-0.05, 0) is 38.5 Å². The molecule has 1 aromatic rings. The molecule has 3 amide bonds. The summed E-state index contributed by atoms with van der Waals surface area (Å²) in [6.07, 6.45) is 4.53. The van der Waals surface area contributed by atoms with E-state index in [1.165, 1.54) is 19.2 Å². The van der Waals surface area contributed by atoms with Crippen molar-refractivity contribution in [2.75, 3.05) is 26.7 Å². The zero-order chi connectivity index (χ0) is 24.3. The Kier molecular flexibility index (Phi) is 9.71. The van der Waals surface area contributed by atoms with Crippen LogP contribution in [0.1, 0.15) is 37.9 Å². The lowest BCUT2D eigenvalue weighted by Crippen LogP contribution is -2.48. The SMILES string of the molecule is C#Cc1ccc(C(C(=O)NCC(=O)OC)N(CC#N)C(=O)CNC(=O)OC(C)(C)C)cc1. The van der Waals surface area contributed by atoms with E-state index >= 15 is 0 Å². The number of nitriles is 1. The Morgan fingerprint density at radius 3 is 2.25 bits per heavy atom. The van der Waals surface area contributed by atoms with Gasteiger partial charge >= 0.3 is 12.1 Å². The summed E-state index contributed by atoms with van der Waals surface area (Å²) in [5, 5.41) is 13.9. The monoisotopic (exact) mass is 442 g/mol. The Morgan fingerprint density at radius 2 is 1.75 bits per heavy atom. The first-order chi connectivity index (χ1) is 15.0. The number of nitrogens with zero attached hydrogens (tertiary/aromatic N) is 2. The fourth-order valence-electron chi connectivity index (χ4n) is 2.53. The Hall–Kier alpha value is -4.05. The second kappa shape index (κ2) is 12.0. The highest BCUT2D eigenvalue weighted by molar-refractivity contribution is 5.92. The highest BCUT2D eigenvalue weighted by atomic mass is 16.6. The van der Waals surface area contributed by atoms with Gasteiger partial charge in [0.1, 0.15) is 31.3 Å². The van der Waals surface area contributed by atoms with Crippen molar-refractivity contribution < 1.29 is 28.7 Å². The van der Waals surface area contributed by atoms with Gasteiger partial charge in [0.2, 0.25) is 11.8 Å². The van der Waals surface area contributed by atoms with Crippen LogP contribution in [0.15, 0.2) is 24.3 Å². The number of alkyl carbamates (subject to hydrolysis) is 1. The van der Waals surface area contributed by atoms with Gasteiger partial charge in [0.25, 0.3) is 0 Å². The minimum absolute atomic E-state index is 0.354. The van der Waals surface area contributed by atoms with Crippen molar-refractivity contribution in [1.29, 1.82) is 5.26 Å². The van der Waals surface area contributed by atoms with Gasteiger partial charge in [-0.2, -0.15) is 5.26 Å². The van der Waals surface area contributed by atoms with E-state index in [9.17, 15) is 24.4 Å². The number of carbonyl (C=O) groups is 4. The quantitative estimate of drug-likeness (QED) is 0.346. The number of nitrogens with one attached hydrogen (secondary N) is 2. The summed E-state index contributed by atoms with van der Waals surface area (Å²) in [6.45, 7) is 3.59. The molecular formula is C22H26N4O6. The van der Waals surface area contributed by atoms with E-state index in [0.29, 0.717) is 11.1 Å². The number of esters is 1. The average molecular weight is 442 g/mol. The standard InChI is InChI=1S/C22H26N4O6/c1-6-15-7-9-16(10-8-15)19(20(29)24-14-18(28)31-5)26(12-11-23)17(27)13-25-21(30)32-22(2,3)4/h1,7-10,19H,12-14H2,2-5H3,(H,24,29)(H,25,30). The maximum absolute atomic E-state index is 12.9. The highest BCUT2D eigenvalue weighted by Gasteiger charge is 2.32. The molecule has 0 aliphatic heterocycles. The van der Waals surface area contributed by atoms with Crippen molar-refractivity contribution >= 4 is 23.9 Å². The molecule has 2 N–H and O–H groups in total. The molecule has 0 bridgehead atoms. The third-order valence-corrected chi connectivity index (χ3v) is 3.93. The van der Waals surface area contributed by atoms with E-state index in [0.717, 1.165) is 4.90 Å². The zero-order valence-electron chi connectivity index (χ0n) is 18.4. The van der Waals surface area contributed by atoms with E-state index in [4.69, 9.17) is 11.2 Å². The topological polar surface area (TPSA) is 138 Å². The van der Waals surface area contributed by atoms with Crippen LogP contribution in [0, 0.1) is 23.7 Å². The lowest BCUT2D eigenvalue weighted by atomic mass is 10.0. The van der Waals surface area contributed by atoms with Gasteiger partial charge in [0.15, 0.2) is 0 Å². The van der Waals surface area contributed by atoms with E-state index in [1.807, 2.05) is 6.07 Å². The van der Waals surface area contributed by atoms with Crippen LogP contribution in [0.2, 0.25) is 0 Å². The molecule has 0 aliphatic carbocycles. The van der Waals surface area contributed by atoms with Crippen LogP contribution in [-0.2, 0) is 23.9 Å².